The number of carboxylic acids is 1. The molecule has 1 fully saturated rings. The predicted molar refractivity (Wildman–Crippen MR) is 74.5 cm³/mol. The summed E-state index contributed by atoms with van der Waals surface area (Å²) in [7, 11) is 0. The van der Waals surface area contributed by atoms with Gasteiger partial charge in [0, 0.05) is 25.6 Å². The standard InChI is InChI=1S/C13H18N2O4S/c16-5-3-11(12(17)18)14-13(19)15(10-1-2-10)7-9-4-6-20-8-9/h4,6,8,10-11,16H,1-3,5,7H2,(H,14,19)(H,17,18)/t11-/m0/s1. The first-order chi connectivity index (χ1) is 9.61. The minimum absolute atomic E-state index is 0.0119. The van der Waals surface area contributed by atoms with Gasteiger partial charge in [-0.15, -0.1) is 0 Å². The molecule has 1 aliphatic rings. The maximum atomic E-state index is 12.2. The number of amides is 2. The molecule has 0 saturated heterocycles. The third-order valence-electron chi connectivity index (χ3n) is 3.20. The van der Waals surface area contributed by atoms with Crippen molar-refractivity contribution in [3.8, 4) is 0 Å². The minimum Gasteiger partial charge on any atom is -0.480 e. The average molecular weight is 298 g/mol. The molecule has 1 aromatic heterocycles. The van der Waals surface area contributed by atoms with E-state index in [9.17, 15) is 9.59 Å². The van der Waals surface area contributed by atoms with Gasteiger partial charge in [-0.05, 0) is 35.2 Å². The van der Waals surface area contributed by atoms with Crippen LogP contribution in [-0.2, 0) is 11.3 Å². The Morgan fingerprint density at radius 2 is 2.25 bits per heavy atom. The number of nitrogens with zero attached hydrogens (tertiary/aromatic N) is 1. The van der Waals surface area contributed by atoms with E-state index in [1.807, 2.05) is 16.8 Å². The highest BCUT2D eigenvalue weighted by Crippen LogP contribution is 2.28. The van der Waals surface area contributed by atoms with Crippen LogP contribution in [0.4, 0.5) is 4.79 Å². The summed E-state index contributed by atoms with van der Waals surface area (Å²) in [6.07, 6.45) is 1.92. The second kappa shape index (κ2) is 6.71. The molecule has 1 saturated carbocycles. The van der Waals surface area contributed by atoms with Crippen LogP contribution in [0.2, 0.25) is 0 Å². The van der Waals surface area contributed by atoms with Crippen LogP contribution in [0.1, 0.15) is 24.8 Å². The summed E-state index contributed by atoms with van der Waals surface area (Å²) in [5.74, 6) is -1.13. The lowest BCUT2D eigenvalue weighted by Crippen LogP contribution is -2.48. The first-order valence-electron chi connectivity index (χ1n) is 6.53. The zero-order valence-electron chi connectivity index (χ0n) is 11.0. The number of carboxylic acid groups (broad SMARTS) is 1. The quantitative estimate of drug-likeness (QED) is 0.707. The number of aliphatic hydroxyl groups is 1. The molecule has 1 heterocycles. The zero-order chi connectivity index (χ0) is 14.5. The highest BCUT2D eigenvalue weighted by Gasteiger charge is 2.34. The summed E-state index contributed by atoms with van der Waals surface area (Å²) in [5.41, 5.74) is 1.05. The molecule has 1 aliphatic carbocycles. The number of thiophene rings is 1. The van der Waals surface area contributed by atoms with E-state index in [4.69, 9.17) is 10.2 Å². The Morgan fingerprint density at radius 1 is 1.50 bits per heavy atom. The molecule has 0 aliphatic heterocycles. The SMILES string of the molecule is O=C(O)[C@H](CCO)NC(=O)N(Cc1ccsc1)C1CC1. The summed E-state index contributed by atoms with van der Waals surface area (Å²) >= 11 is 1.57. The Balaban J connectivity index is 1.97. The van der Waals surface area contributed by atoms with E-state index in [1.54, 1.807) is 16.2 Å². The van der Waals surface area contributed by atoms with Crippen LogP contribution < -0.4 is 5.32 Å². The lowest BCUT2D eigenvalue weighted by atomic mass is 10.2. The van der Waals surface area contributed by atoms with Gasteiger partial charge in [-0.3, -0.25) is 0 Å². The smallest absolute Gasteiger partial charge is 0.326 e. The number of nitrogens with one attached hydrogen (secondary N) is 1. The molecule has 0 bridgehead atoms. The lowest BCUT2D eigenvalue weighted by molar-refractivity contribution is -0.139. The summed E-state index contributed by atoms with van der Waals surface area (Å²) in [4.78, 5) is 24.9. The highest BCUT2D eigenvalue weighted by molar-refractivity contribution is 7.07. The molecule has 6 nitrogen and oxygen atoms in total. The van der Waals surface area contributed by atoms with Gasteiger partial charge in [0.05, 0.1) is 0 Å². The number of urea groups is 1. The largest absolute Gasteiger partial charge is 0.480 e. The summed E-state index contributed by atoms with van der Waals surface area (Å²) in [6.45, 7) is 0.219. The number of carbonyl (C=O) groups is 2. The van der Waals surface area contributed by atoms with Crippen LogP contribution >= 0.6 is 11.3 Å². The van der Waals surface area contributed by atoms with Gasteiger partial charge >= 0.3 is 12.0 Å². The topological polar surface area (TPSA) is 89.9 Å². The third kappa shape index (κ3) is 3.94. The summed E-state index contributed by atoms with van der Waals surface area (Å²) < 4.78 is 0. The van der Waals surface area contributed by atoms with E-state index in [0.717, 1.165) is 18.4 Å². The molecular weight excluding hydrogens is 280 g/mol. The maximum absolute atomic E-state index is 12.2. The van der Waals surface area contributed by atoms with Crippen LogP contribution in [0.25, 0.3) is 0 Å². The van der Waals surface area contributed by atoms with Crippen LogP contribution in [0.15, 0.2) is 16.8 Å². The predicted octanol–water partition coefficient (Wildman–Crippen LogP) is 1.26. The monoisotopic (exact) mass is 298 g/mol. The Bertz CT molecular complexity index is 459. The lowest BCUT2D eigenvalue weighted by Gasteiger charge is -2.24. The minimum atomic E-state index is -1.13. The van der Waals surface area contributed by atoms with Crippen molar-refractivity contribution in [2.24, 2.45) is 0 Å². The molecule has 0 aromatic carbocycles. The maximum Gasteiger partial charge on any atom is 0.326 e. The van der Waals surface area contributed by atoms with Gasteiger partial charge < -0.3 is 20.4 Å². The van der Waals surface area contributed by atoms with E-state index in [-0.39, 0.29) is 25.1 Å². The fraction of sp³-hybridized carbons (Fsp3) is 0.538. The Labute approximate surface area is 121 Å². The number of rotatable bonds is 7. The van der Waals surface area contributed by atoms with Gasteiger partial charge in [0.2, 0.25) is 0 Å². The number of hydrogen-bond donors (Lipinski definition) is 3. The van der Waals surface area contributed by atoms with Crippen LogP contribution in [0.3, 0.4) is 0 Å². The first kappa shape index (κ1) is 14.8. The number of hydrogen-bond acceptors (Lipinski definition) is 4. The molecule has 0 spiro atoms. The second-order valence-corrected chi connectivity index (χ2v) is 5.62. The molecular formula is C13H18N2O4S. The highest BCUT2D eigenvalue weighted by atomic mass is 32.1. The van der Waals surface area contributed by atoms with Crippen molar-refractivity contribution in [3.63, 3.8) is 0 Å². The Hall–Kier alpha value is -1.60. The van der Waals surface area contributed by atoms with Gasteiger partial charge in [-0.1, -0.05) is 0 Å². The first-order valence-corrected chi connectivity index (χ1v) is 7.48. The molecule has 0 unspecified atom stereocenters. The van der Waals surface area contributed by atoms with Gasteiger partial charge in [-0.2, -0.15) is 11.3 Å². The van der Waals surface area contributed by atoms with E-state index in [2.05, 4.69) is 5.32 Å². The molecule has 20 heavy (non-hydrogen) atoms. The van der Waals surface area contributed by atoms with Crippen molar-refractivity contribution in [3.05, 3.63) is 22.4 Å². The fourth-order valence-corrected chi connectivity index (χ4v) is 2.61. The van der Waals surface area contributed by atoms with E-state index in [1.165, 1.54) is 0 Å². The molecule has 1 atom stereocenters. The van der Waals surface area contributed by atoms with E-state index in [0.29, 0.717) is 6.54 Å². The van der Waals surface area contributed by atoms with Crippen molar-refractivity contribution in [2.45, 2.75) is 37.9 Å². The Kier molecular flexibility index (Phi) is 4.97. The van der Waals surface area contributed by atoms with Crippen molar-refractivity contribution in [1.82, 2.24) is 10.2 Å². The molecule has 2 amide bonds. The molecule has 110 valence electrons. The third-order valence-corrected chi connectivity index (χ3v) is 3.93. The van der Waals surface area contributed by atoms with Crippen molar-refractivity contribution in [1.29, 1.82) is 0 Å². The fourth-order valence-electron chi connectivity index (χ4n) is 1.95. The number of aliphatic hydroxyl groups excluding tert-OH is 1. The molecule has 0 radical (unpaired) electrons. The van der Waals surface area contributed by atoms with Gasteiger partial charge in [0.15, 0.2) is 0 Å². The van der Waals surface area contributed by atoms with Crippen molar-refractivity contribution in [2.75, 3.05) is 6.61 Å². The zero-order valence-corrected chi connectivity index (χ0v) is 11.8. The van der Waals surface area contributed by atoms with Gasteiger partial charge in [0.25, 0.3) is 0 Å². The van der Waals surface area contributed by atoms with Crippen molar-refractivity contribution < 1.29 is 19.8 Å². The van der Waals surface area contributed by atoms with Gasteiger partial charge in [-0.25, -0.2) is 9.59 Å². The normalized spacial score (nSPS) is 15.7. The number of carbonyl (C=O) groups excluding carboxylic acids is 1. The average Bonchev–Trinajstić information content (AvgIpc) is 3.12. The van der Waals surface area contributed by atoms with E-state index >= 15 is 0 Å². The van der Waals surface area contributed by atoms with Crippen LogP contribution in [0, 0.1) is 0 Å². The second-order valence-electron chi connectivity index (χ2n) is 4.84. The molecule has 2 rings (SSSR count). The Morgan fingerprint density at radius 3 is 2.75 bits per heavy atom. The van der Waals surface area contributed by atoms with Gasteiger partial charge in [0.1, 0.15) is 6.04 Å². The van der Waals surface area contributed by atoms with E-state index < -0.39 is 12.0 Å². The van der Waals surface area contributed by atoms with Crippen molar-refractivity contribution >= 4 is 23.3 Å². The number of aliphatic carboxylic acids is 1. The van der Waals surface area contributed by atoms with Crippen LogP contribution in [0.5, 0.6) is 0 Å². The molecule has 7 heteroatoms. The molecule has 1 aromatic rings. The van der Waals surface area contributed by atoms with Crippen LogP contribution in [-0.4, -0.2) is 45.8 Å². The molecule has 3 N–H and O–H groups in total. The summed E-state index contributed by atoms with van der Waals surface area (Å²) in [5, 5.41) is 24.3. The summed E-state index contributed by atoms with van der Waals surface area (Å²) in [6, 6.07) is 0.727.